The summed E-state index contributed by atoms with van der Waals surface area (Å²) < 4.78 is 0. The van der Waals surface area contributed by atoms with Crippen LogP contribution in [-0.4, -0.2) is 9.97 Å². The molecule has 0 N–H and O–H groups in total. The molecule has 1 aromatic carbocycles. The van der Waals surface area contributed by atoms with E-state index >= 15 is 0 Å². The van der Waals surface area contributed by atoms with Crippen molar-refractivity contribution in [2.45, 2.75) is 26.7 Å². The molecule has 0 aliphatic heterocycles. The Morgan fingerprint density at radius 1 is 1.12 bits per heavy atom. The van der Waals surface area contributed by atoms with E-state index in [1.54, 1.807) is 0 Å². The minimum atomic E-state index is 0.855. The van der Waals surface area contributed by atoms with Crippen LogP contribution in [0.2, 0.25) is 0 Å². The SMILES string of the molecule is CCc1nc(C)ncc1Cc1ccccc1. The number of rotatable bonds is 3. The zero-order valence-corrected chi connectivity index (χ0v) is 9.77. The van der Waals surface area contributed by atoms with Gasteiger partial charge < -0.3 is 0 Å². The van der Waals surface area contributed by atoms with Gasteiger partial charge >= 0.3 is 0 Å². The molecule has 2 aromatic rings. The molecule has 0 bridgehead atoms. The predicted octanol–water partition coefficient (Wildman–Crippen LogP) is 2.94. The first-order valence-electron chi connectivity index (χ1n) is 5.65. The summed E-state index contributed by atoms with van der Waals surface area (Å²) >= 11 is 0. The van der Waals surface area contributed by atoms with Crippen LogP contribution < -0.4 is 0 Å². The van der Waals surface area contributed by atoms with Crippen molar-refractivity contribution < 1.29 is 0 Å². The topological polar surface area (TPSA) is 25.8 Å². The van der Waals surface area contributed by atoms with Crippen LogP contribution in [0.25, 0.3) is 0 Å². The molecule has 2 rings (SSSR count). The zero-order valence-electron chi connectivity index (χ0n) is 9.77. The van der Waals surface area contributed by atoms with Crippen molar-refractivity contribution in [1.82, 2.24) is 9.97 Å². The molecule has 0 saturated heterocycles. The molecule has 2 heteroatoms. The highest BCUT2D eigenvalue weighted by atomic mass is 14.9. The summed E-state index contributed by atoms with van der Waals surface area (Å²) in [6.45, 7) is 4.07. The number of nitrogens with zero attached hydrogens (tertiary/aromatic N) is 2. The van der Waals surface area contributed by atoms with Gasteiger partial charge in [0, 0.05) is 18.3 Å². The van der Waals surface area contributed by atoms with E-state index in [-0.39, 0.29) is 0 Å². The molecule has 0 unspecified atom stereocenters. The van der Waals surface area contributed by atoms with Crippen molar-refractivity contribution in [3.05, 3.63) is 59.2 Å². The van der Waals surface area contributed by atoms with Gasteiger partial charge in [-0.1, -0.05) is 37.3 Å². The largest absolute Gasteiger partial charge is 0.241 e. The number of benzene rings is 1. The normalized spacial score (nSPS) is 10.4. The molecule has 1 heterocycles. The summed E-state index contributed by atoms with van der Waals surface area (Å²) in [5, 5.41) is 0. The molecule has 1 aromatic heterocycles. The van der Waals surface area contributed by atoms with Gasteiger partial charge in [0.25, 0.3) is 0 Å². The van der Waals surface area contributed by atoms with Gasteiger partial charge in [-0.2, -0.15) is 0 Å². The number of hydrogen-bond donors (Lipinski definition) is 0. The van der Waals surface area contributed by atoms with E-state index < -0.39 is 0 Å². The van der Waals surface area contributed by atoms with Crippen molar-refractivity contribution in [1.29, 1.82) is 0 Å². The summed E-state index contributed by atoms with van der Waals surface area (Å²) in [5.74, 6) is 0.855. The summed E-state index contributed by atoms with van der Waals surface area (Å²) in [6.07, 6.45) is 3.84. The van der Waals surface area contributed by atoms with Gasteiger partial charge in [-0.3, -0.25) is 0 Å². The minimum Gasteiger partial charge on any atom is -0.241 e. The standard InChI is InChI=1S/C14H16N2/c1-3-14-13(10-15-11(2)16-14)9-12-7-5-4-6-8-12/h4-8,10H,3,9H2,1-2H3. The second-order valence-electron chi connectivity index (χ2n) is 3.91. The van der Waals surface area contributed by atoms with Crippen LogP contribution in [0.4, 0.5) is 0 Å². The van der Waals surface area contributed by atoms with Crippen LogP contribution in [-0.2, 0) is 12.8 Å². The number of aryl methyl sites for hydroxylation is 2. The zero-order chi connectivity index (χ0) is 11.4. The third kappa shape index (κ3) is 2.45. The van der Waals surface area contributed by atoms with Crippen molar-refractivity contribution in [3.8, 4) is 0 Å². The Bertz CT molecular complexity index is 463. The summed E-state index contributed by atoms with van der Waals surface area (Å²) in [5.41, 5.74) is 3.71. The summed E-state index contributed by atoms with van der Waals surface area (Å²) in [7, 11) is 0. The lowest BCUT2D eigenvalue weighted by molar-refractivity contribution is 0.905. The van der Waals surface area contributed by atoms with E-state index in [0.29, 0.717) is 0 Å². The van der Waals surface area contributed by atoms with E-state index in [0.717, 1.165) is 24.4 Å². The van der Waals surface area contributed by atoms with Crippen molar-refractivity contribution in [3.63, 3.8) is 0 Å². The van der Waals surface area contributed by atoms with E-state index in [4.69, 9.17) is 0 Å². The van der Waals surface area contributed by atoms with Gasteiger partial charge in [-0.25, -0.2) is 9.97 Å². The number of aromatic nitrogens is 2. The molecule has 0 fully saturated rings. The van der Waals surface area contributed by atoms with E-state index in [9.17, 15) is 0 Å². The van der Waals surface area contributed by atoms with Gasteiger partial charge in [-0.15, -0.1) is 0 Å². The lowest BCUT2D eigenvalue weighted by atomic mass is 10.0. The molecule has 0 saturated carbocycles. The Balaban J connectivity index is 2.28. The molecule has 0 aliphatic carbocycles. The first-order valence-corrected chi connectivity index (χ1v) is 5.65. The van der Waals surface area contributed by atoms with Crippen molar-refractivity contribution in [2.75, 3.05) is 0 Å². The quantitative estimate of drug-likeness (QED) is 0.781. The third-order valence-electron chi connectivity index (χ3n) is 2.65. The van der Waals surface area contributed by atoms with E-state index in [1.165, 1.54) is 11.1 Å². The molecular weight excluding hydrogens is 196 g/mol. The van der Waals surface area contributed by atoms with Gasteiger partial charge in [-0.05, 0) is 24.5 Å². The smallest absolute Gasteiger partial charge is 0.125 e. The van der Waals surface area contributed by atoms with Crippen molar-refractivity contribution in [2.24, 2.45) is 0 Å². The highest BCUT2D eigenvalue weighted by Gasteiger charge is 2.04. The summed E-state index contributed by atoms with van der Waals surface area (Å²) in [6, 6.07) is 10.4. The maximum Gasteiger partial charge on any atom is 0.125 e. The number of hydrogen-bond acceptors (Lipinski definition) is 2. The highest BCUT2D eigenvalue weighted by Crippen LogP contribution is 2.12. The molecule has 0 aliphatic rings. The van der Waals surface area contributed by atoms with Crippen LogP contribution in [0.15, 0.2) is 36.5 Å². The maximum atomic E-state index is 4.48. The molecule has 0 spiro atoms. The van der Waals surface area contributed by atoms with Gasteiger partial charge in [0.2, 0.25) is 0 Å². The maximum absolute atomic E-state index is 4.48. The molecule has 2 nitrogen and oxygen atoms in total. The molecule has 16 heavy (non-hydrogen) atoms. The van der Waals surface area contributed by atoms with Crippen LogP contribution in [0.5, 0.6) is 0 Å². The molecule has 0 atom stereocenters. The Morgan fingerprint density at radius 3 is 2.56 bits per heavy atom. The second kappa shape index (κ2) is 4.88. The molecule has 0 radical (unpaired) electrons. The lowest BCUT2D eigenvalue weighted by Gasteiger charge is -2.07. The van der Waals surface area contributed by atoms with E-state index in [1.807, 2.05) is 19.2 Å². The monoisotopic (exact) mass is 212 g/mol. The molecule has 0 amide bonds. The van der Waals surface area contributed by atoms with Gasteiger partial charge in [0.05, 0.1) is 0 Å². The Kier molecular flexibility index (Phi) is 3.30. The highest BCUT2D eigenvalue weighted by molar-refractivity contribution is 5.27. The molecular formula is C14H16N2. The fourth-order valence-electron chi connectivity index (χ4n) is 1.81. The molecule has 82 valence electrons. The second-order valence-corrected chi connectivity index (χ2v) is 3.91. The lowest BCUT2D eigenvalue weighted by Crippen LogP contribution is -2.01. The minimum absolute atomic E-state index is 0.855. The Morgan fingerprint density at radius 2 is 1.88 bits per heavy atom. The Hall–Kier alpha value is -1.70. The van der Waals surface area contributed by atoms with Crippen LogP contribution >= 0.6 is 0 Å². The average molecular weight is 212 g/mol. The fourth-order valence-corrected chi connectivity index (χ4v) is 1.81. The predicted molar refractivity (Wildman–Crippen MR) is 65.4 cm³/mol. The van der Waals surface area contributed by atoms with Crippen molar-refractivity contribution >= 4 is 0 Å². The average Bonchev–Trinajstić information content (AvgIpc) is 2.33. The van der Waals surface area contributed by atoms with E-state index in [2.05, 4.69) is 41.2 Å². The van der Waals surface area contributed by atoms with Gasteiger partial charge in [0.15, 0.2) is 0 Å². The van der Waals surface area contributed by atoms with Crippen LogP contribution in [0.3, 0.4) is 0 Å². The van der Waals surface area contributed by atoms with Crippen LogP contribution in [0, 0.1) is 6.92 Å². The third-order valence-corrected chi connectivity index (χ3v) is 2.65. The summed E-state index contributed by atoms with van der Waals surface area (Å²) in [4.78, 5) is 8.75. The fraction of sp³-hybridized carbons (Fsp3) is 0.286. The van der Waals surface area contributed by atoms with Crippen LogP contribution in [0.1, 0.15) is 29.6 Å². The first-order chi connectivity index (χ1) is 7.79. The Labute approximate surface area is 96.4 Å². The first kappa shape index (κ1) is 10.8. The van der Waals surface area contributed by atoms with Gasteiger partial charge in [0.1, 0.15) is 5.82 Å².